The number of rotatable bonds is 8. The van der Waals surface area contributed by atoms with Gasteiger partial charge in [-0.05, 0) is 37.5 Å². The van der Waals surface area contributed by atoms with E-state index in [1.165, 1.54) is 0 Å². The van der Waals surface area contributed by atoms with Gasteiger partial charge in [-0.2, -0.15) is 0 Å². The highest BCUT2D eigenvalue weighted by atomic mass is 16.5. The highest BCUT2D eigenvalue weighted by Crippen LogP contribution is 2.19. The lowest BCUT2D eigenvalue weighted by atomic mass is 10.0. The molecule has 1 unspecified atom stereocenters. The number of amides is 2. The third kappa shape index (κ3) is 5.01. The van der Waals surface area contributed by atoms with Crippen LogP contribution in [0, 0.1) is 6.92 Å². The number of benzene rings is 1. The van der Waals surface area contributed by atoms with E-state index in [-0.39, 0.29) is 12.1 Å². The first-order valence-electron chi connectivity index (χ1n) is 8.30. The lowest BCUT2D eigenvalue weighted by Gasteiger charge is -2.18. The van der Waals surface area contributed by atoms with Crippen molar-refractivity contribution in [3.63, 3.8) is 0 Å². The minimum atomic E-state index is -0.139. The molecule has 2 rings (SSSR count). The second-order valence-corrected chi connectivity index (χ2v) is 5.66. The number of carbonyl (C=O) groups is 1. The molecule has 24 heavy (non-hydrogen) atoms. The fourth-order valence-corrected chi connectivity index (χ4v) is 2.56. The molecule has 0 fully saturated rings. The van der Waals surface area contributed by atoms with E-state index in [1.54, 1.807) is 13.3 Å². The topological polar surface area (TPSA) is 68.2 Å². The van der Waals surface area contributed by atoms with Gasteiger partial charge in [-0.1, -0.05) is 19.1 Å². The number of imidazole rings is 1. The van der Waals surface area contributed by atoms with Gasteiger partial charge in [-0.25, -0.2) is 9.78 Å². The van der Waals surface area contributed by atoms with Crippen molar-refractivity contribution in [3.8, 4) is 5.75 Å². The van der Waals surface area contributed by atoms with Crippen molar-refractivity contribution in [2.45, 2.75) is 39.3 Å². The van der Waals surface area contributed by atoms with Gasteiger partial charge in [0.15, 0.2) is 0 Å². The zero-order chi connectivity index (χ0) is 17.4. The maximum atomic E-state index is 12.1. The molecular weight excluding hydrogens is 304 g/mol. The van der Waals surface area contributed by atoms with E-state index in [0.717, 1.165) is 36.5 Å². The highest BCUT2D eigenvalue weighted by Gasteiger charge is 2.12. The number of urea groups is 1. The molecule has 130 valence electrons. The van der Waals surface area contributed by atoms with Crippen LogP contribution in [-0.2, 0) is 6.54 Å². The van der Waals surface area contributed by atoms with Gasteiger partial charge in [0.25, 0.3) is 0 Å². The van der Waals surface area contributed by atoms with E-state index in [2.05, 4.69) is 27.1 Å². The Hall–Kier alpha value is -2.50. The number of nitrogens with one attached hydrogen (secondary N) is 2. The molecule has 1 heterocycles. The van der Waals surface area contributed by atoms with Crippen LogP contribution >= 0.6 is 0 Å². The van der Waals surface area contributed by atoms with Crippen LogP contribution in [0.3, 0.4) is 0 Å². The van der Waals surface area contributed by atoms with E-state index in [1.807, 2.05) is 37.4 Å². The molecule has 0 bridgehead atoms. The summed E-state index contributed by atoms with van der Waals surface area (Å²) in [5, 5.41) is 5.93. The standard InChI is InChI=1S/C18H26N4O2/c1-4-17(15-6-8-16(24-3)9-7-15)21-18(23)20-10-5-12-22-13-11-19-14(22)2/h6-9,11,13,17H,4-5,10,12H2,1-3H3,(H2,20,21,23). The van der Waals surface area contributed by atoms with Crippen LogP contribution in [0.25, 0.3) is 0 Å². The Morgan fingerprint density at radius 2 is 2.08 bits per heavy atom. The summed E-state index contributed by atoms with van der Waals surface area (Å²) in [5.74, 6) is 1.80. The Balaban J connectivity index is 1.75. The predicted molar refractivity (Wildman–Crippen MR) is 94.1 cm³/mol. The third-order valence-electron chi connectivity index (χ3n) is 4.02. The van der Waals surface area contributed by atoms with Gasteiger partial charge in [-0.15, -0.1) is 0 Å². The summed E-state index contributed by atoms with van der Waals surface area (Å²) in [7, 11) is 1.64. The van der Waals surface area contributed by atoms with Crippen LogP contribution in [0.4, 0.5) is 4.79 Å². The normalized spacial score (nSPS) is 11.8. The Morgan fingerprint density at radius 1 is 1.33 bits per heavy atom. The number of hydrogen-bond acceptors (Lipinski definition) is 3. The largest absolute Gasteiger partial charge is 0.497 e. The van der Waals surface area contributed by atoms with Crippen molar-refractivity contribution in [1.82, 2.24) is 20.2 Å². The van der Waals surface area contributed by atoms with Crippen molar-refractivity contribution in [3.05, 3.63) is 48.0 Å². The Kier molecular flexibility index (Phi) is 6.66. The van der Waals surface area contributed by atoms with E-state index < -0.39 is 0 Å². The summed E-state index contributed by atoms with van der Waals surface area (Å²) in [6.45, 7) is 5.50. The summed E-state index contributed by atoms with van der Waals surface area (Å²) in [6, 6.07) is 7.63. The fourth-order valence-electron chi connectivity index (χ4n) is 2.56. The van der Waals surface area contributed by atoms with Crippen LogP contribution in [0.1, 0.15) is 37.2 Å². The molecule has 0 aliphatic heterocycles. The van der Waals surface area contributed by atoms with Crippen LogP contribution in [0.2, 0.25) is 0 Å². The molecule has 0 radical (unpaired) electrons. The molecule has 0 aliphatic carbocycles. The monoisotopic (exact) mass is 330 g/mol. The first-order chi connectivity index (χ1) is 11.6. The predicted octanol–water partition coefficient (Wildman–Crippen LogP) is 3.04. The second kappa shape index (κ2) is 8.96. The fraction of sp³-hybridized carbons (Fsp3) is 0.444. The van der Waals surface area contributed by atoms with Crippen molar-refractivity contribution >= 4 is 6.03 Å². The summed E-state index contributed by atoms with van der Waals surface area (Å²) in [4.78, 5) is 16.3. The molecule has 0 aliphatic rings. The van der Waals surface area contributed by atoms with Gasteiger partial charge in [0.2, 0.25) is 0 Å². The molecule has 0 saturated carbocycles. The third-order valence-corrected chi connectivity index (χ3v) is 4.02. The number of methoxy groups -OCH3 is 1. The molecule has 6 nitrogen and oxygen atoms in total. The number of ether oxygens (including phenoxy) is 1. The van der Waals surface area contributed by atoms with Gasteiger partial charge in [-0.3, -0.25) is 0 Å². The van der Waals surface area contributed by atoms with Crippen molar-refractivity contribution in [1.29, 1.82) is 0 Å². The average Bonchev–Trinajstić information content (AvgIpc) is 3.02. The SMILES string of the molecule is CCC(NC(=O)NCCCn1ccnc1C)c1ccc(OC)cc1. The molecule has 1 aromatic heterocycles. The number of hydrogen-bond donors (Lipinski definition) is 2. The molecule has 0 spiro atoms. The van der Waals surface area contributed by atoms with E-state index in [9.17, 15) is 4.79 Å². The van der Waals surface area contributed by atoms with Crippen LogP contribution in [-0.4, -0.2) is 29.2 Å². The van der Waals surface area contributed by atoms with Crippen LogP contribution in [0.15, 0.2) is 36.7 Å². The molecule has 1 atom stereocenters. The lowest BCUT2D eigenvalue weighted by Crippen LogP contribution is -2.38. The van der Waals surface area contributed by atoms with Crippen LogP contribution < -0.4 is 15.4 Å². The molecule has 1 aromatic carbocycles. The Bertz CT molecular complexity index is 637. The van der Waals surface area contributed by atoms with Gasteiger partial charge in [0, 0.05) is 25.5 Å². The first kappa shape index (κ1) is 17.8. The first-order valence-corrected chi connectivity index (χ1v) is 8.30. The summed E-state index contributed by atoms with van der Waals surface area (Å²) in [6.07, 6.45) is 5.43. The number of aryl methyl sites for hydroxylation is 2. The van der Waals surface area contributed by atoms with Gasteiger partial charge in [0.1, 0.15) is 11.6 Å². The zero-order valence-corrected chi connectivity index (χ0v) is 14.6. The van der Waals surface area contributed by atoms with Gasteiger partial charge >= 0.3 is 6.03 Å². The average molecular weight is 330 g/mol. The van der Waals surface area contributed by atoms with Crippen molar-refractivity contribution in [2.24, 2.45) is 0 Å². The minimum Gasteiger partial charge on any atom is -0.497 e. The Labute approximate surface area is 143 Å². The summed E-state index contributed by atoms with van der Waals surface area (Å²) in [5.41, 5.74) is 1.07. The van der Waals surface area contributed by atoms with Crippen molar-refractivity contribution < 1.29 is 9.53 Å². The van der Waals surface area contributed by atoms with E-state index >= 15 is 0 Å². The molecule has 0 saturated heterocycles. The maximum absolute atomic E-state index is 12.1. The quantitative estimate of drug-likeness (QED) is 0.731. The summed E-state index contributed by atoms with van der Waals surface area (Å²) >= 11 is 0. The van der Waals surface area contributed by atoms with E-state index in [0.29, 0.717) is 6.54 Å². The number of nitrogens with zero attached hydrogens (tertiary/aromatic N) is 2. The van der Waals surface area contributed by atoms with Gasteiger partial charge < -0.3 is 19.9 Å². The van der Waals surface area contributed by atoms with E-state index in [4.69, 9.17) is 4.74 Å². The highest BCUT2D eigenvalue weighted by molar-refractivity contribution is 5.74. The molecule has 6 heteroatoms. The minimum absolute atomic E-state index is 0.00759. The van der Waals surface area contributed by atoms with Crippen LogP contribution in [0.5, 0.6) is 5.75 Å². The zero-order valence-electron chi connectivity index (χ0n) is 14.6. The number of carbonyl (C=O) groups excluding carboxylic acids is 1. The second-order valence-electron chi connectivity index (χ2n) is 5.66. The number of aromatic nitrogens is 2. The van der Waals surface area contributed by atoms with Crippen molar-refractivity contribution in [2.75, 3.05) is 13.7 Å². The smallest absolute Gasteiger partial charge is 0.315 e. The molecular formula is C18H26N4O2. The van der Waals surface area contributed by atoms with Gasteiger partial charge in [0.05, 0.1) is 13.2 Å². The molecule has 2 aromatic rings. The summed E-state index contributed by atoms with van der Waals surface area (Å²) < 4.78 is 7.24. The lowest BCUT2D eigenvalue weighted by molar-refractivity contribution is 0.236. The Morgan fingerprint density at radius 3 is 2.67 bits per heavy atom. The maximum Gasteiger partial charge on any atom is 0.315 e. The molecule has 2 N–H and O–H groups in total. The molecule has 2 amide bonds.